The normalized spacial score (nSPS) is 23.1. The molecule has 0 aromatic carbocycles. The highest BCUT2D eigenvalue weighted by Gasteiger charge is 2.22. The second-order valence-corrected chi connectivity index (χ2v) is 5.48. The Kier molecular flexibility index (Phi) is 5.79. The third-order valence-corrected chi connectivity index (χ3v) is 3.99. The van der Waals surface area contributed by atoms with Gasteiger partial charge in [0.15, 0.2) is 0 Å². The molecule has 2 heterocycles. The third-order valence-electron chi connectivity index (χ3n) is 3.99. The van der Waals surface area contributed by atoms with Crippen LogP contribution in [0.1, 0.15) is 26.2 Å². The SMILES string of the molecule is CC(=O)N1CCN(C(=O)CCNCC2CCCO2)CC1. The number of hydrogen-bond acceptors (Lipinski definition) is 4. The molecule has 0 radical (unpaired) electrons. The van der Waals surface area contributed by atoms with Crippen molar-refractivity contribution < 1.29 is 14.3 Å². The van der Waals surface area contributed by atoms with Crippen molar-refractivity contribution >= 4 is 11.8 Å². The first-order valence-corrected chi connectivity index (χ1v) is 7.52. The van der Waals surface area contributed by atoms with Gasteiger partial charge in [0, 0.05) is 59.2 Å². The van der Waals surface area contributed by atoms with Crippen LogP contribution in [0.15, 0.2) is 0 Å². The van der Waals surface area contributed by atoms with Crippen molar-refractivity contribution in [3.8, 4) is 0 Å². The molecule has 0 saturated carbocycles. The summed E-state index contributed by atoms with van der Waals surface area (Å²) in [6.45, 7) is 6.61. The van der Waals surface area contributed by atoms with Crippen molar-refractivity contribution in [3.05, 3.63) is 0 Å². The highest BCUT2D eigenvalue weighted by Crippen LogP contribution is 2.10. The van der Waals surface area contributed by atoms with Crippen LogP contribution in [-0.2, 0) is 14.3 Å². The van der Waals surface area contributed by atoms with Gasteiger partial charge in [-0.3, -0.25) is 9.59 Å². The molecule has 114 valence electrons. The highest BCUT2D eigenvalue weighted by atomic mass is 16.5. The van der Waals surface area contributed by atoms with Crippen LogP contribution in [0.4, 0.5) is 0 Å². The maximum Gasteiger partial charge on any atom is 0.223 e. The van der Waals surface area contributed by atoms with E-state index in [1.54, 1.807) is 11.8 Å². The van der Waals surface area contributed by atoms with Gasteiger partial charge in [-0.25, -0.2) is 0 Å². The van der Waals surface area contributed by atoms with Crippen molar-refractivity contribution in [1.82, 2.24) is 15.1 Å². The lowest BCUT2D eigenvalue weighted by Gasteiger charge is -2.34. The summed E-state index contributed by atoms with van der Waals surface area (Å²) in [4.78, 5) is 26.9. The summed E-state index contributed by atoms with van der Waals surface area (Å²) in [6, 6.07) is 0. The maximum atomic E-state index is 12.0. The lowest BCUT2D eigenvalue weighted by atomic mass is 10.2. The number of piperazine rings is 1. The number of nitrogens with zero attached hydrogens (tertiary/aromatic N) is 2. The first kappa shape index (κ1) is 15.3. The smallest absolute Gasteiger partial charge is 0.223 e. The molecule has 2 fully saturated rings. The lowest BCUT2D eigenvalue weighted by molar-refractivity contribution is -0.138. The predicted octanol–water partition coefficient (Wildman–Crippen LogP) is -0.164. The van der Waals surface area contributed by atoms with Gasteiger partial charge in [-0.1, -0.05) is 0 Å². The predicted molar refractivity (Wildman–Crippen MR) is 75.3 cm³/mol. The highest BCUT2D eigenvalue weighted by molar-refractivity contribution is 5.77. The van der Waals surface area contributed by atoms with E-state index in [0.717, 1.165) is 26.0 Å². The fourth-order valence-electron chi connectivity index (χ4n) is 2.69. The van der Waals surface area contributed by atoms with Gasteiger partial charge in [-0.2, -0.15) is 0 Å². The molecular weight excluding hydrogens is 258 g/mol. The minimum atomic E-state index is 0.0929. The molecule has 2 rings (SSSR count). The van der Waals surface area contributed by atoms with Gasteiger partial charge < -0.3 is 19.9 Å². The molecule has 1 N–H and O–H groups in total. The van der Waals surface area contributed by atoms with Crippen molar-refractivity contribution in [1.29, 1.82) is 0 Å². The number of ether oxygens (including phenoxy) is 1. The van der Waals surface area contributed by atoms with E-state index in [2.05, 4.69) is 5.32 Å². The lowest BCUT2D eigenvalue weighted by Crippen LogP contribution is -2.50. The molecule has 1 unspecified atom stereocenters. The Morgan fingerprint density at radius 3 is 2.50 bits per heavy atom. The molecule has 0 aromatic rings. The Morgan fingerprint density at radius 1 is 1.20 bits per heavy atom. The Bertz CT molecular complexity index is 335. The van der Waals surface area contributed by atoms with Gasteiger partial charge in [0.25, 0.3) is 0 Å². The van der Waals surface area contributed by atoms with Crippen LogP contribution in [0, 0.1) is 0 Å². The molecule has 0 aliphatic carbocycles. The Morgan fingerprint density at radius 2 is 1.90 bits per heavy atom. The van der Waals surface area contributed by atoms with Crippen molar-refractivity contribution in [2.75, 3.05) is 45.9 Å². The zero-order valence-electron chi connectivity index (χ0n) is 12.3. The van der Waals surface area contributed by atoms with Crippen LogP contribution in [0.5, 0.6) is 0 Å². The molecule has 2 aliphatic rings. The molecule has 20 heavy (non-hydrogen) atoms. The van der Waals surface area contributed by atoms with E-state index in [1.807, 2.05) is 4.90 Å². The van der Waals surface area contributed by atoms with Gasteiger partial charge in [-0.05, 0) is 12.8 Å². The molecule has 0 bridgehead atoms. The molecule has 6 nitrogen and oxygen atoms in total. The molecule has 2 amide bonds. The number of carbonyl (C=O) groups excluding carboxylic acids is 2. The average molecular weight is 283 g/mol. The van der Waals surface area contributed by atoms with E-state index >= 15 is 0 Å². The summed E-state index contributed by atoms with van der Waals surface area (Å²) in [5.74, 6) is 0.267. The molecule has 0 spiro atoms. The topological polar surface area (TPSA) is 61.9 Å². The molecule has 2 saturated heterocycles. The van der Waals surface area contributed by atoms with Crippen LogP contribution in [0.25, 0.3) is 0 Å². The first-order chi connectivity index (χ1) is 9.66. The standard InChI is InChI=1S/C14H25N3O3/c1-12(18)16-6-8-17(9-7-16)14(19)4-5-15-11-13-3-2-10-20-13/h13,15H,2-11H2,1H3. The second-order valence-electron chi connectivity index (χ2n) is 5.48. The second kappa shape index (κ2) is 7.59. The van der Waals surface area contributed by atoms with E-state index in [9.17, 15) is 9.59 Å². The molecule has 2 aliphatic heterocycles. The number of rotatable bonds is 5. The van der Waals surface area contributed by atoms with Crippen LogP contribution >= 0.6 is 0 Å². The maximum absolute atomic E-state index is 12.0. The third kappa shape index (κ3) is 4.45. The van der Waals surface area contributed by atoms with Crippen LogP contribution < -0.4 is 5.32 Å². The summed E-state index contributed by atoms with van der Waals surface area (Å²) < 4.78 is 5.52. The quantitative estimate of drug-likeness (QED) is 0.712. The van der Waals surface area contributed by atoms with Crippen LogP contribution in [0.3, 0.4) is 0 Å². The fraction of sp³-hybridized carbons (Fsp3) is 0.857. The van der Waals surface area contributed by atoms with Gasteiger partial charge in [0.05, 0.1) is 6.10 Å². The minimum absolute atomic E-state index is 0.0929. The summed E-state index contributed by atoms with van der Waals surface area (Å²) >= 11 is 0. The summed E-state index contributed by atoms with van der Waals surface area (Å²) in [6.07, 6.45) is 3.11. The number of nitrogens with one attached hydrogen (secondary N) is 1. The summed E-state index contributed by atoms with van der Waals surface area (Å²) in [5.41, 5.74) is 0. The Labute approximate surface area is 120 Å². The van der Waals surface area contributed by atoms with Gasteiger partial charge in [0.1, 0.15) is 0 Å². The fourth-order valence-corrected chi connectivity index (χ4v) is 2.69. The summed E-state index contributed by atoms with van der Waals surface area (Å²) in [5, 5.41) is 3.29. The summed E-state index contributed by atoms with van der Waals surface area (Å²) in [7, 11) is 0. The van der Waals surface area contributed by atoms with Gasteiger partial charge in [0.2, 0.25) is 11.8 Å². The van der Waals surface area contributed by atoms with Crippen molar-refractivity contribution in [3.63, 3.8) is 0 Å². The van der Waals surface area contributed by atoms with Crippen LogP contribution in [-0.4, -0.2) is 73.6 Å². The molecule has 6 heteroatoms. The minimum Gasteiger partial charge on any atom is -0.377 e. The van der Waals surface area contributed by atoms with E-state index in [0.29, 0.717) is 45.2 Å². The Balaban J connectivity index is 1.57. The monoisotopic (exact) mass is 283 g/mol. The number of hydrogen-bond donors (Lipinski definition) is 1. The number of carbonyl (C=O) groups is 2. The first-order valence-electron chi connectivity index (χ1n) is 7.52. The largest absolute Gasteiger partial charge is 0.377 e. The van der Waals surface area contributed by atoms with E-state index in [1.165, 1.54) is 0 Å². The average Bonchev–Trinajstić information content (AvgIpc) is 2.96. The van der Waals surface area contributed by atoms with Gasteiger partial charge in [-0.15, -0.1) is 0 Å². The number of amides is 2. The van der Waals surface area contributed by atoms with Gasteiger partial charge >= 0.3 is 0 Å². The Hall–Kier alpha value is -1.14. The zero-order chi connectivity index (χ0) is 14.4. The van der Waals surface area contributed by atoms with E-state index < -0.39 is 0 Å². The van der Waals surface area contributed by atoms with Crippen molar-refractivity contribution in [2.45, 2.75) is 32.3 Å². The van der Waals surface area contributed by atoms with E-state index in [-0.39, 0.29) is 11.8 Å². The molecular formula is C14H25N3O3. The van der Waals surface area contributed by atoms with Crippen LogP contribution in [0.2, 0.25) is 0 Å². The molecule has 0 aromatic heterocycles. The van der Waals surface area contributed by atoms with E-state index in [4.69, 9.17) is 4.74 Å². The molecule has 1 atom stereocenters. The zero-order valence-corrected chi connectivity index (χ0v) is 12.3. The van der Waals surface area contributed by atoms with Crippen molar-refractivity contribution in [2.24, 2.45) is 0 Å².